The third-order valence-corrected chi connectivity index (χ3v) is 5.18. The van der Waals surface area contributed by atoms with Gasteiger partial charge in [-0.1, -0.05) is 12.1 Å². The molecule has 1 aliphatic rings. The van der Waals surface area contributed by atoms with Gasteiger partial charge in [-0.15, -0.1) is 0 Å². The van der Waals surface area contributed by atoms with Crippen LogP contribution in [0.1, 0.15) is 17.3 Å². The van der Waals surface area contributed by atoms with Crippen molar-refractivity contribution in [3.63, 3.8) is 0 Å². The van der Waals surface area contributed by atoms with Crippen molar-refractivity contribution in [1.29, 1.82) is 0 Å². The van der Waals surface area contributed by atoms with Gasteiger partial charge in [0.2, 0.25) is 5.91 Å². The van der Waals surface area contributed by atoms with Crippen molar-refractivity contribution in [2.24, 2.45) is 0 Å². The Morgan fingerprint density at radius 1 is 1.18 bits per heavy atom. The number of amides is 2. The summed E-state index contributed by atoms with van der Waals surface area (Å²) in [7, 11) is 0. The molecule has 1 aliphatic heterocycles. The molecular weight excluding hydrogens is 356 g/mol. The molecule has 8 heteroatoms. The predicted octanol–water partition coefficient (Wildman–Crippen LogP) is 2.07. The Bertz CT molecular complexity index is 1190. The normalized spacial score (nSPS) is 17.2. The maximum Gasteiger partial charge on any atom is 0.254 e. The number of carbonyl (C=O) groups is 2. The van der Waals surface area contributed by atoms with E-state index in [9.17, 15) is 9.59 Å². The number of aromatic amines is 2. The van der Waals surface area contributed by atoms with Crippen LogP contribution in [0.4, 0.5) is 0 Å². The molecule has 4 aromatic rings. The zero-order valence-electron chi connectivity index (χ0n) is 15.2. The van der Waals surface area contributed by atoms with Crippen LogP contribution < -0.4 is 5.32 Å². The maximum atomic E-state index is 12.9. The molecule has 1 fully saturated rings. The second kappa shape index (κ2) is 6.19. The maximum absolute atomic E-state index is 12.9. The standard InChI is InChI=1S/C20H18N6O2/c1-11-19(27)21-8-9-26(11)20(28)12-6-7-13-16(10-12)24-25-17(13)18-22-14-4-2-3-5-15(14)23-18/h2-7,10-11H,8-9H2,1H3,(H,21,27)(H,22,23)(H,24,25). The fourth-order valence-corrected chi connectivity index (χ4v) is 3.62. The van der Waals surface area contributed by atoms with Gasteiger partial charge in [-0.2, -0.15) is 5.10 Å². The first-order chi connectivity index (χ1) is 13.6. The number of fused-ring (bicyclic) bond motifs is 2. The third-order valence-electron chi connectivity index (χ3n) is 5.18. The minimum atomic E-state index is -0.482. The number of hydrogen-bond donors (Lipinski definition) is 3. The number of nitrogens with zero attached hydrogens (tertiary/aromatic N) is 3. The topological polar surface area (TPSA) is 107 Å². The summed E-state index contributed by atoms with van der Waals surface area (Å²) >= 11 is 0. The van der Waals surface area contributed by atoms with Crippen molar-refractivity contribution in [3.8, 4) is 11.5 Å². The molecule has 28 heavy (non-hydrogen) atoms. The van der Waals surface area contributed by atoms with Gasteiger partial charge < -0.3 is 15.2 Å². The van der Waals surface area contributed by atoms with E-state index in [0.717, 1.165) is 21.9 Å². The Labute approximate surface area is 159 Å². The fraction of sp³-hybridized carbons (Fsp3) is 0.200. The zero-order valence-corrected chi connectivity index (χ0v) is 15.2. The smallest absolute Gasteiger partial charge is 0.254 e. The molecule has 5 rings (SSSR count). The summed E-state index contributed by atoms with van der Waals surface area (Å²) in [4.78, 5) is 34.2. The lowest BCUT2D eigenvalue weighted by Crippen LogP contribution is -2.55. The molecule has 1 saturated heterocycles. The van der Waals surface area contributed by atoms with E-state index in [4.69, 9.17) is 0 Å². The van der Waals surface area contributed by atoms with Crippen molar-refractivity contribution in [2.75, 3.05) is 13.1 Å². The first-order valence-corrected chi connectivity index (χ1v) is 9.14. The van der Waals surface area contributed by atoms with E-state index in [0.29, 0.717) is 30.2 Å². The van der Waals surface area contributed by atoms with Gasteiger partial charge in [-0.3, -0.25) is 14.7 Å². The predicted molar refractivity (Wildman–Crippen MR) is 105 cm³/mol. The molecule has 2 amide bonds. The largest absolute Gasteiger partial charge is 0.353 e. The van der Waals surface area contributed by atoms with E-state index in [1.54, 1.807) is 24.0 Å². The molecule has 2 aromatic heterocycles. The molecule has 0 spiro atoms. The molecule has 0 radical (unpaired) electrons. The number of piperazine rings is 1. The van der Waals surface area contributed by atoms with Crippen LogP contribution in [-0.2, 0) is 4.79 Å². The summed E-state index contributed by atoms with van der Waals surface area (Å²) in [6.45, 7) is 2.70. The number of carbonyl (C=O) groups excluding carboxylic acids is 2. The van der Waals surface area contributed by atoms with Gasteiger partial charge in [0.25, 0.3) is 5.91 Å². The van der Waals surface area contributed by atoms with Crippen LogP contribution in [0.5, 0.6) is 0 Å². The highest BCUT2D eigenvalue weighted by molar-refractivity contribution is 6.02. The fourth-order valence-electron chi connectivity index (χ4n) is 3.62. The molecule has 0 saturated carbocycles. The first kappa shape index (κ1) is 16.5. The molecular formula is C20H18N6O2. The van der Waals surface area contributed by atoms with Crippen molar-refractivity contribution in [3.05, 3.63) is 48.0 Å². The van der Waals surface area contributed by atoms with Gasteiger partial charge in [-0.25, -0.2) is 4.98 Å². The Hall–Kier alpha value is -3.68. The molecule has 1 atom stereocenters. The van der Waals surface area contributed by atoms with E-state index in [1.807, 2.05) is 30.3 Å². The second-order valence-corrected chi connectivity index (χ2v) is 6.90. The Morgan fingerprint density at radius 3 is 2.89 bits per heavy atom. The highest BCUT2D eigenvalue weighted by Gasteiger charge is 2.30. The number of hydrogen-bond acceptors (Lipinski definition) is 4. The monoisotopic (exact) mass is 374 g/mol. The second-order valence-electron chi connectivity index (χ2n) is 6.90. The molecule has 1 unspecified atom stereocenters. The van der Waals surface area contributed by atoms with Gasteiger partial charge in [0.1, 0.15) is 11.7 Å². The number of rotatable bonds is 2. The first-order valence-electron chi connectivity index (χ1n) is 9.14. The van der Waals surface area contributed by atoms with E-state index in [-0.39, 0.29) is 11.8 Å². The summed E-state index contributed by atoms with van der Waals surface area (Å²) in [5.74, 6) is 0.381. The van der Waals surface area contributed by atoms with E-state index >= 15 is 0 Å². The zero-order chi connectivity index (χ0) is 19.3. The van der Waals surface area contributed by atoms with Gasteiger partial charge in [0.15, 0.2) is 5.82 Å². The molecule has 3 heterocycles. The summed E-state index contributed by atoms with van der Waals surface area (Å²) in [6.07, 6.45) is 0. The van der Waals surface area contributed by atoms with Crippen LogP contribution in [0.2, 0.25) is 0 Å². The summed E-state index contributed by atoms with van der Waals surface area (Å²) < 4.78 is 0. The molecule has 140 valence electrons. The Morgan fingerprint density at radius 2 is 2.04 bits per heavy atom. The minimum absolute atomic E-state index is 0.130. The minimum Gasteiger partial charge on any atom is -0.353 e. The van der Waals surface area contributed by atoms with Crippen LogP contribution in [0.15, 0.2) is 42.5 Å². The van der Waals surface area contributed by atoms with Gasteiger partial charge in [-0.05, 0) is 37.3 Å². The molecule has 0 aliphatic carbocycles. The number of benzene rings is 2. The van der Waals surface area contributed by atoms with Gasteiger partial charge in [0.05, 0.1) is 16.6 Å². The van der Waals surface area contributed by atoms with Gasteiger partial charge in [0, 0.05) is 24.0 Å². The Balaban J connectivity index is 1.51. The SMILES string of the molecule is CC1C(=O)NCCN1C(=O)c1ccc2c(-c3nc4ccccc4[nH]3)n[nH]c2c1. The summed E-state index contributed by atoms with van der Waals surface area (Å²) in [5, 5.41) is 11.0. The Kier molecular flexibility index (Phi) is 3.65. The van der Waals surface area contributed by atoms with Crippen molar-refractivity contribution < 1.29 is 9.59 Å². The van der Waals surface area contributed by atoms with E-state index < -0.39 is 6.04 Å². The van der Waals surface area contributed by atoms with Crippen molar-refractivity contribution in [2.45, 2.75) is 13.0 Å². The molecule has 0 bridgehead atoms. The van der Waals surface area contributed by atoms with Crippen LogP contribution in [-0.4, -0.2) is 56.0 Å². The van der Waals surface area contributed by atoms with E-state index in [1.165, 1.54) is 0 Å². The number of nitrogens with one attached hydrogen (secondary N) is 3. The molecule has 8 nitrogen and oxygen atoms in total. The quantitative estimate of drug-likeness (QED) is 0.499. The third kappa shape index (κ3) is 2.53. The number of para-hydroxylation sites is 2. The van der Waals surface area contributed by atoms with Crippen molar-refractivity contribution in [1.82, 2.24) is 30.4 Å². The highest BCUT2D eigenvalue weighted by atomic mass is 16.2. The number of H-pyrrole nitrogens is 2. The average molecular weight is 374 g/mol. The van der Waals surface area contributed by atoms with Crippen LogP contribution >= 0.6 is 0 Å². The lowest BCUT2D eigenvalue weighted by Gasteiger charge is -2.32. The number of aromatic nitrogens is 4. The highest BCUT2D eigenvalue weighted by Crippen LogP contribution is 2.27. The molecule has 2 aromatic carbocycles. The summed E-state index contributed by atoms with van der Waals surface area (Å²) in [6, 6.07) is 12.7. The lowest BCUT2D eigenvalue weighted by atomic mass is 10.1. The lowest BCUT2D eigenvalue weighted by molar-refractivity contribution is -0.127. The summed E-state index contributed by atoms with van der Waals surface area (Å²) in [5.41, 5.74) is 3.79. The van der Waals surface area contributed by atoms with Crippen LogP contribution in [0.25, 0.3) is 33.5 Å². The van der Waals surface area contributed by atoms with E-state index in [2.05, 4.69) is 25.5 Å². The number of imidazole rings is 1. The average Bonchev–Trinajstić information content (AvgIpc) is 3.32. The van der Waals surface area contributed by atoms with Crippen molar-refractivity contribution >= 4 is 33.8 Å². The van der Waals surface area contributed by atoms with Gasteiger partial charge >= 0.3 is 0 Å². The molecule has 3 N–H and O–H groups in total. The van der Waals surface area contributed by atoms with Crippen LogP contribution in [0, 0.1) is 0 Å². The van der Waals surface area contributed by atoms with Crippen LogP contribution in [0.3, 0.4) is 0 Å².